The van der Waals surface area contributed by atoms with Crippen molar-refractivity contribution in [2.24, 2.45) is 0 Å². The van der Waals surface area contributed by atoms with E-state index in [0.717, 1.165) is 18.1 Å². The fraction of sp³-hybridized carbons (Fsp3) is 0.333. The second-order valence-corrected chi connectivity index (χ2v) is 8.34. The van der Waals surface area contributed by atoms with Crippen LogP contribution in [0.3, 0.4) is 0 Å². The molecule has 0 spiro atoms. The van der Waals surface area contributed by atoms with Gasteiger partial charge in [-0.05, 0) is 43.5 Å². The van der Waals surface area contributed by atoms with E-state index >= 15 is 0 Å². The fourth-order valence-electron chi connectivity index (χ4n) is 3.16. The second-order valence-electron chi connectivity index (χ2n) is 6.62. The van der Waals surface area contributed by atoms with Gasteiger partial charge in [-0.25, -0.2) is 13.1 Å². The summed E-state index contributed by atoms with van der Waals surface area (Å²) < 4.78 is 27.1. The molecule has 1 heterocycles. The highest BCUT2D eigenvalue weighted by Gasteiger charge is 2.26. The number of hydrogen-bond donors (Lipinski definition) is 1. The molecule has 0 unspecified atom stereocenters. The third-order valence-electron chi connectivity index (χ3n) is 4.32. The monoisotopic (exact) mass is 375 g/mol. The average Bonchev–Trinajstić information content (AvgIpc) is 2.59. The van der Waals surface area contributed by atoms with Gasteiger partial charge in [-0.1, -0.05) is 24.3 Å². The minimum absolute atomic E-state index is 0.0981. The Labute approximate surface area is 152 Å². The Kier molecular flexibility index (Phi) is 4.97. The molecule has 0 aliphatic carbocycles. The molecule has 8 heteroatoms. The fourth-order valence-corrected chi connectivity index (χ4v) is 4.43. The zero-order chi connectivity index (χ0) is 18.9. The quantitative estimate of drug-likeness (QED) is 0.641. The van der Waals surface area contributed by atoms with E-state index < -0.39 is 14.9 Å². The molecule has 0 fully saturated rings. The molecule has 2 aromatic carbocycles. The third kappa shape index (κ3) is 3.71. The Balaban J connectivity index is 1.98. The van der Waals surface area contributed by atoms with Crippen molar-refractivity contribution >= 4 is 21.4 Å². The topological polar surface area (TPSA) is 92.6 Å². The summed E-state index contributed by atoms with van der Waals surface area (Å²) in [6, 6.07) is 11.8. The van der Waals surface area contributed by atoms with Crippen LogP contribution in [0.2, 0.25) is 0 Å². The van der Waals surface area contributed by atoms with Gasteiger partial charge in [0.2, 0.25) is 10.0 Å². The lowest BCUT2D eigenvalue weighted by molar-refractivity contribution is -0.384. The molecule has 7 nitrogen and oxygen atoms in total. The lowest BCUT2D eigenvalue weighted by atomic mass is 9.99. The summed E-state index contributed by atoms with van der Waals surface area (Å²) >= 11 is 0. The smallest absolute Gasteiger partial charge is 0.293 e. The summed E-state index contributed by atoms with van der Waals surface area (Å²) in [5, 5.41) is 11.6. The highest BCUT2D eigenvalue weighted by atomic mass is 32.2. The molecule has 138 valence electrons. The van der Waals surface area contributed by atoms with Crippen molar-refractivity contribution in [3.63, 3.8) is 0 Å². The van der Waals surface area contributed by atoms with Gasteiger partial charge >= 0.3 is 0 Å². The van der Waals surface area contributed by atoms with Crippen molar-refractivity contribution in [3.05, 3.63) is 63.7 Å². The van der Waals surface area contributed by atoms with E-state index in [4.69, 9.17) is 0 Å². The van der Waals surface area contributed by atoms with Crippen LogP contribution >= 0.6 is 0 Å². The zero-order valence-corrected chi connectivity index (χ0v) is 15.5. The van der Waals surface area contributed by atoms with E-state index in [2.05, 4.69) is 10.8 Å². The molecule has 1 aliphatic rings. The normalized spacial score (nSPS) is 14.3. The second kappa shape index (κ2) is 7.05. The van der Waals surface area contributed by atoms with Crippen LogP contribution < -0.4 is 9.62 Å². The molecule has 0 aromatic heterocycles. The lowest BCUT2D eigenvalue weighted by Gasteiger charge is -2.30. The number of benzene rings is 2. The Morgan fingerprint density at radius 1 is 1.15 bits per heavy atom. The van der Waals surface area contributed by atoms with Gasteiger partial charge in [0.1, 0.15) is 5.69 Å². The lowest BCUT2D eigenvalue weighted by Crippen LogP contribution is -2.32. The van der Waals surface area contributed by atoms with Crippen LogP contribution in [0.4, 0.5) is 11.4 Å². The molecule has 0 atom stereocenters. The minimum Gasteiger partial charge on any atom is -0.361 e. The van der Waals surface area contributed by atoms with Gasteiger partial charge in [0, 0.05) is 25.2 Å². The van der Waals surface area contributed by atoms with Crippen LogP contribution in [0.5, 0.6) is 0 Å². The van der Waals surface area contributed by atoms with Crippen LogP contribution in [0.1, 0.15) is 25.0 Å². The van der Waals surface area contributed by atoms with E-state index in [-0.39, 0.29) is 16.6 Å². The number of hydrogen-bond acceptors (Lipinski definition) is 5. The average molecular weight is 375 g/mol. The van der Waals surface area contributed by atoms with Crippen LogP contribution in [-0.4, -0.2) is 25.9 Å². The molecule has 1 N–H and O–H groups in total. The summed E-state index contributed by atoms with van der Waals surface area (Å²) in [7, 11) is -3.78. The Morgan fingerprint density at radius 2 is 1.85 bits per heavy atom. The molecule has 2 aromatic rings. The maximum atomic E-state index is 12.3. The summed E-state index contributed by atoms with van der Waals surface area (Å²) in [5.41, 5.74) is 2.61. The molecule has 0 amide bonds. The van der Waals surface area contributed by atoms with Crippen molar-refractivity contribution in [1.82, 2.24) is 4.72 Å². The molecule has 0 saturated heterocycles. The standard InChI is InChI=1S/C18H21N3O4S/c1-13(2)19-26(24,25)16-7-8-17(18(11-16)21(22)23)20-10-9-14-5-3-4-6-15(14)12-20/h3-8,11,13,19H,9-10,12H2,1-2H3. The maximum absolute atomic E-state index is 12.3. The summed E-state index contributed by atoms with van der Waals surface area (Å²) in [4.78, 5) is 12.9. The Hall–Kier alpha value is -2.45. The number of anilines is 1. The van der Waals surface area contributed by atoms with Gasteiger partial charge < -0.3 is 4.90 Å². The molecule has 0 saturated carbocycles. The highest BCUT2D eigenvalue weighted by Crippen LogP contribution is 2.34. The zero-order valence-electron chi connectivity index (χ0n) is 14.7. The third-order valence-corrected chi connectivity index (χ3v) is 5.97. The number of fused-ring (bicyclic) bond motifs is 1. The van der Waals surface area contributed by atoms with Gasteiger partial charge in [-0.15, -0.1) is 0 Å². The predicted octanol–water partition coefficient (Wildman–Crippen LogP) is 2.84. The van der Waals surface area contributed by atoms with Crippen molar-refractivity contribution in [2.75, 3.05) is 11.4 Å². The van der Waals surface area contributed by atoms with Crippen molar-refractivity contribution in [2.45, 2.75) is 37.8 Å². The number of nitro benzene ring substituents is 1. The van der Waals surface area contributed by atoms with Gasteiger partial charge in [0.25, 0.3) is 5.69 Å². The number of nitrogens with one attached hydrogen (secondary N) is 1. The van der Waals surface area contributed by atoms with Crippen molar-refractivity contribution in [3.8, 4) is 0 Å². The van der Waals surface area contributed by atoms with Crippen molar-refractivity contribution < 1.29 is 13.3 Å². The van der Waals surface area contributed by atoms with E-state index in [1.54, 1.807) is 13.8 Å². The van der Waals surface area contributed by atoms with Gasteiger partial charge in [-0.2, -0.15) is 0 Å². The van der Waals surface area contributed by atoms with Gasteiger partial charge in [0.15, 0.2) is 0 Å². The first kappa shape index (κ1) is 18.3. The van der Waals surface area contributed by atoms with Crippen LogP contribution in [0, 0.1) is 10.1 Å². The number of nitrogens with zero attached hydrogens (tertiary/aromatic N) is 2. The molecule has 26 heavy (non-hydrogen) atoms. The number of sulfonamides is 1. The number of rotatable bonds is 5. The van der Waals surface area contributed by atoms with E-state index in [1.807, 2.05) is 23.1 Å². The first-order valence-electron chi connectivity index (χ1n) is 8.40. The maximum Gasteiger partial charge on any atom is 0.293 e. The molecule has 1 aliphatic heterocycles. The SMILES string of the molecule is CC(C)NS(=O)(=O)c1ccc(N2CCc3ccccc3C2)c([N+](=O)[O-])c1. The van der Waals surface area contributed by atoms with Crippen LogP contribution in [0.15, 0.2) is 47.4 Å². The van der Waals surface area contributed by atoms with Gasteiger partial charge in [-0.3, -0.25) is 10.1 Å². The minimum atomic E-state index is -3.78. The van der Waals surface area contributed by atoms with E-state index in [1.165, 1.54) is 17.7 Å². The van der Waals surface area contributed by atoms with Crippen LogP contribution in [-0.2, 0) is 23.0 Å². The summed E-state index contributed by atoms with van der Waals surface area (Å²) in [6.07, 6.45) is 0.794. The first-order chi connectivity index (χ1) is 12.3. The predicted molar refractivity (Wildman–Crippen MR) is 99.7 cm³/mol. The summed E-state index contributed by atoms with van der Waals surface area (Å²) in [6.45, 7) is 4.61. The first-order valence-corrected chi connectivity index (χ1v) is 9.89. The molecule has 0 bridgehead atoms. The molecular weight excluding hydrogens is 354 g/mol. The Bertz CT molecular complexity index is 941. The molecular formula is C18H21N3O4S. The molecule has 3 rings (SSSR count). The van der Waals surface area contributed by atoms with Crippen molar-refractivity contribution in [1.29, 1.82) is 0 Å². The highest BCUT2D eigenvalue weighted by molar-refractivity contribution is 7.89. The van der Waals surface area contributed by atoms with Gasteiger partial charge in [0.05, 0.1) is 9.82 Å². The molecule has 0 radical (unpaired) electrons. The summed E-state index contributed by atoms with van der Waals surface area (Å²) in [5.74, 6) is 0. The van der Waals surface area contributed by atoms with E-state index in [9.17, 15) is 18.5 Å². The number of nitro groups is 1. The van der Waals surface area contributed by atoms with Crippen LogP contribution in [0.25, 0.3) is 0 Å². The Morgan fingerprint density at radius 3 is 2.50 bits per heavy atom. The largest absolute Gasteiger partial charge is 0.361 e. The van der Waals surface area contributed by atoms with E-state index in [0.29, 0.717) is 18.8 Å².